The van der Waals surface area contributed by atoms with Crippen molar-refractivity contribution in [3.63, 3.8) is 0 Å². The number of nitrogens with one attached hydrogen (secondary N) is 2. The van der Waals surface area contributed by atoms with E-state index < -0.39 is 0 Å². The fourth-order valence-corrected chi connectivity index (χ4v) is 4.95. The number of likely N-dealkylation sites (N-methyl/N-ethyl adjacent to an activating group) is 1. The molecule has 2 fully saturated rings. The van der Waals surface area contributed by atoms with Crippen LogP contribution in [0.3, 0.4) is 0 Å². The summed E-state index contributed by atoms with van der Waals surface area (Å²) in [6.07, 6.45) is 9.98. The van der Waals surface area contributed by atoms with Gasteiger partial charge in [-0.3, -0.25) is 9.88 Å². The average Bonchev–Trinajstić information content (AvgIpc) is 2.90. The normalized spacial score (nSPS) is 22.3. The monoisotopic (exact) mass is 497 g/mol. The lowest BCUT2D eigenvalue weighted by molar-refractivity contribution is 0.126. The van der Waals surface area contributed by atoms with Crippen LogP contribution >= 0.6 is 0 Å². The molecule has 198 valence electrons. The quantitative estimate of drug-likeness (QED) is 0.372. The van der Waals surface area contributed by atoms with Crippen molar-refractivity contribution < 1.29 is 10.2 Å². The van der Waals surface area contributed by atoms with Gasteiger partial charge in [-0.05, 0) is 50.8 Å². The van der Waals surface area contributed by atoms with Gasteiger partial charge in [0.1, 0.15) is 5.82 Å². The molecule has 2 aliphatic rings. The highest BCUT2D eigenvalue weighted by Gasteiger charge is 2.22. The van der Waals surface area contributed by atoms with Crippen molar-refractivity contribution >= 4 is 11.8 Å². The number of hydrogen-bond acceptors (Lipinski definition) is 9. The second-order valence-electron chi connectivity index (χ2n) is 10.4. The Morgan fingerprint density at radius 3 is 2.50 bits per heavy atom. The predicted octanol–water partition coefficient (Wildman–Crippen LogP) is 2.96. The van der Waals surface area contributed by atoms with Crippen LogP contribution in [0.25, 0.3) is 11.3 Å². The molecule has 1 atom stereocenters. The molecule has 1 saturated heterocycles. The molecule has 0 radical (unpaired) electrons. The zero-order valence-electron chi connectivity index (χ0n) is 21.9. The number of piperazine rings is 1. The summed E-state index contributed by atoms with van der Waals surface area (Å²) >= 11 is 0. The summed E-state index contributed by atoms with van der Waals surface area (Å²) in [5, 5.41) is 26.6. The summed E-state index contributed by atoms with van der Waals surface area (Å²) in [7, 11) is 2.17. The number of aromatic nitrogens is 3. The lowest BCUT2D eigenvalue weighted by Crippen LogP contribution is -2.43. The number of aliphatic hydroxyl groups excluding tert-OH is 2. The second kappa shape index (κ2) is 13.3. The summed E-state index contributed by atoms with van der Waals surface area (Å²) in [5.74, 6) is 1.26. The molecule has 0 bridgehead atoms. The van der Waals surface area contributed by atoms with Gasteiger partial charge < -0.3 is 25.7 Å². The van der Waals surface area contributed by atoms with Gasteiger partial charge in [0.05, 0.1) is 30.0 Å². The molecule has 4 rings (SSSR count). The molecule has 4 N–H and O–H groups in total. The zero-order chi connectivity index (χ0) is 25.3. The first kappa shape index (κ1) is 26.7. The fraction of sp³-hybridized carbons (Fsp3) is 0.667. The number of unbranched alkanes of at least 4 members (excludes halogenated alkanes) is 1. The summed E-state index contributed by atoms with van der Waals surface area (Å²) in [6.45, 7) is 7.47. The zero-order valence-corrected chi connectivity index (χ0v) is 21.9. The predicted molar refractivity (Wildman–Crippen MR) is 144 cm³/mol. The van der Waals surface area contributed by atoms with Gasteiger partial charge in [0.2, 0.25) is 5.95 Å². The van der Waals surface area contributed by atoms with Crippen LogP contribution in [0.4, 0.5) is 11.8 Å². The Morgan fingerprint density at radius 2 is 1.83 bits per heavy atom. The molecule has 0 spiro atoms. The highest BCUT2D eigenvalue weighted by Crippen LogP contribution is 2.29. The minimum Gasteiger partial charge on any atom is -0.394 e. The minimum atomic E-state index is -0.205. The van der Waals surface area contributed by atoms with E-state index in [0.29, 0.717) is 5.95 Å². The molecule has 36 heavy (non-hydrogen) atoms. The Bertz CT molecular complexity index is 926. The molecule has 2 aromatic rings. The van der Waals surface area contributed by atoms with Crippen LogP contribution in [0, 0.1) is 0 Å². The molecule has 2 aromatic heterocycles. The van der Waals surface area contributed by atoms with Crippen LogP contribution in [0.15, 0.2) is 24.5 Å². The van der Waals surface area contributed by atoms with E-state index in [1.165, 1.54) is 5.56 Å². The van der Waals surface area contributed by atoms with Crippen molar-refractivity contribution in [2.45, 2.75) is 76.6 Å². The molecular formula is C27H43N7O2. The minimum absolute atomic E-state index is 0.0463. The van der Waals surface area contributed by atoms with E-state index in [1.807, 2.05) is 12.4 Å². The summed E-state index contributed by atoms with van der Waals surface area (Å²) < 4.78 is 0. The first-order chi connectivity index (χ1) is 17.5. The highest BCUT2D eigenvalue weighted by molar-refractivity contribution is 5.73. The van der Waals surface area contributed by atoms with E-state index in [0.717, 1.165) is 94.7 Å². The molecule has 9 heteroatoms. The maximum absolute atomic E-state index is 9.92. The molecule has 0 amide bonds. The summed E-state index contributed by atoms with van der Waals surface area (Å²) in [6, 6.07) is 4.39. The van der Waals surface area contributed by atoms with Crippen molar-refractivity contribution in [3.8, 4) is 11.3 Å². The SMILES string of the molecule is CCCC[C@H](CO)Nc1ncc(-c2ccc(CN3CCN(C)CC3)cn2)c(NC2CCC(O)CC2)n1. The maximum Gasteiger partial charge on any atom is 0.224 e. The van der Waals surface area contributed by atoms with Gasteiger partial charge in [0.25, 0.3) is 0 Å². The largest absolute Gasteiger partial charge is 0.394 e. The smallest absolute Gasteiger partial charge is 0.224 e. The van der Waals surface area contributed by atoms with Gasteiger partial charge in [-0.2, -0.15) is 4.98 Å². The summed E-state index contributed by atoms with van der Waals surface area (Å²) in [5.41, 5.74) is 2.92. The number of hydrogen-bond donors (Lipinski definition) is 4. The van der Waals surface area contributed by atoms with Crippen molar-refractivity contribution in [2.75, 3.05) is 50.5 Å². The number of anilines is 2. The Hall–Kier alpha value is -2.33. The molecule has 3 heterocycles. The molecule has 1 aliphatic heterocycles. The number of aliphatic hydroxyl groups is 2. The first-order valence-electron chi connectivity index (χ1n) is 13.6. The topological polar surface area (TPSA) is 110 Å². The molecule has 9 nitrogen and oxygen atoms in total. The number of nitrogens with zero attached hydrogens (tertiary/aromatic N) is 5. The van der Waals surface area contributed by atoms with Crippen LogP contribution in [-0.2, 0) is 6.54 Å². The highest BCUT2D eigenvalue weighted by atomic mass is 16.3. The van der Waals surface area contributed by atoms with Gasteiger partial charge in [-0.1, -0.05) is 25.8 Å². The van der Waals surface area contributed by atoms with Crippen molar-refractivity contribution in [1.29, 1.82) is 0 Å². The maximum atomic E-state index is 9.92. The molecule has 1 aliphatic carbocycles. The molecule has 0 aromatic carbocycles. The van der Waals surface area contributed by atoms with Crippen LogP contribution in [0.5, 0.6) is 0 Å². The lowest BCUT2D eigenvalue weighted by atomic mass is 9.93. The van der Waals surface area contributed by atoms with Gasteiger partial charge in [0.15, 0.2) is 0 Å². The van der Waals surface area contributed by atoms with Crippen molar-refractivity contribution in [2.24, 2.45) is 0 Å². The molecule has 0 unspecified atom stereocenters. The van der Waals surface area contributed by atoms with Gasteiger partial charge in [-0.25, -0.2) is 4.98 Å². The molecular weight excluding hydrogens is 454 g/mol. The third-order valence-electron chi connectivity index (χ3n) is 7.39. The molecule has 1 saturated carbocycles. The Kier molecular flexibility index (Phi) is 9.86. The number of rotatable bonds is 11. The van der Waals surface area contributed by atoms with Gasteiger partial charge in [0, 0.05) is 51.2 Å². The second-order valence-corrected chi connectivity index (χ2v) is 10.4. The lowest BCUT2D eigenvalue weighted by Gasteiger charge is -2.32. The van der Waals surface area contributed by atoms with Crippen LogP contribution in [-0.4, -0.2) is 93.0 Å². The Balaban J connectivity index is 1.50. The number of pyridine rings is 1. The average molecular weight is 498 g/mol. The van der Waals surface area contributed by atoms with Gasteiger partial charge >= 0.3 is 0 Å². The van der Waals surface area contributed by atoms with E-state index >= 15 is 0 Å². The third-order valence-corrected chi connectivity index (χ3v) is 7.39. The standard InChI is InChI=1S/C27H43N7O2/c1-3-4-5-22(19-35)31-27-29-17-24(26(32-27)30-21-7-9-23(36)10-8-21)25-11-6-20(16-28-25)18-34-14-12-33(2)13-15-34/h6,11,16-17,21-23,35-36H,3-5,7-10,12-15,18-19H2,1-2H3,(H2,29,30,31,32)/t21?,22-,23?/m1/s1. The van der Waals surface area contributed by atoms with E-state index in [4.69, 9.17) is 9.97 Å². The summed E-state index contributed by atoms with van der Waals surface area (Å²) in [4.78, 5) is 19.0. The third kappa shape index (κ3) is 7.59. The van der Waals surface area contributed by atoms with Crippen LogP contribution in [0.1, 0.15) is 57.4 Å². The fourth-order valence-electron chi connectivity index (χ4n) is 4.95. The van der Waals surface area contributed by atoms with E-state index in [9.17, 15) is 10.2 Å². The van der Waals surface area contributed by atoms with E-state index in [1.54, 1.807) is 0 Å². The van der Waals surface area contributed by atoms with Gasteiger partial charge in [-0.15, -0.1) is 0 Å². The van der Waals surface area contributed by atoms with Crippen LogP contribution in [0.2, 0.25) is 0 Å². The van der Waals surface area contributed by atoms with E-state index in [2.05, 4.69) is 51.5 Å². The van der Waals surface area contributed by atoms with Crippen molar-refractivity contribution in [3.05, 3.63) is 30.1 Å². The first-order valence-corrected chi connectivity index (χ1v) is 13.6. The Labute approximate surface area is 215 Å². The van der Waals surface area contributed by atoms with E-state index in [-0.39, 0.29) is 24.8 Å². The Morgan fingerprint density at radius 1 is 1.06 bits per heavy atom. The van der Waals surface area contributed by atoms with Crippen molar-refractivity contribution in [1.82, 2.24) is 24.8 Å². The van der Waals surface area contributed by atoms with Crippen LogP contribution < -0.4 is 10.6 Å².